The Morgan fingerprint density at radius 1 is 1.04 bits per heavy atom. The van der Waals surface area contributed by atoms with Gasteiger partial charge in [0.05, 0.1) is 15.8 Å². The fourth-order valence-electron chi connectivity index (χ4n) is 2.56. The maximum absolute atomic E-state index is 12.5. The van der Waals surface area contributed by atoms with Gasteiger partial charge in [0, 0.05) is 19.3 Å². The highest BCUT2D eigenvalue weighted by atomic mass is 127. The average molecular weight is 535 g/mol. The standard InChI is InChI=1S/C20H12BrIN2OS/c21-13-7-10-16(22)15(11-13)19(25)23-14-8-5-12(6-9-14)20-24-17-3-1-2-4-18(17)26-20/h1-11H,(H,23,25). The molecule has 0 spiro atoms. The highest BCUT2D eigenvalue weighted by Gasteiger charge is 2.11. The lowest BCUT2D eigenvalue weighted by Crippen LogP contribution is -2.13. The molecule has 0 unspecified atom stereocenters. The van der Waals surface area contributed by atoms with Gasteiger partial charge in [-0.2, -0.15) is 0 Å². The van der Waals surface area contributed by atoms with E-state index in [-0.39, 0.29) is 5.91 Å². The zero-order valence-electron chi connectivity index (χ0n) is 13.4. The number of carbonyl (C=O) groups excluding carboxylic acids is 1. The van der Waals surface area contributed by atoms with Crippen LogP contribution in [0.1, 0.15) is 10.4 Å². The van der Waals surface area contributed by atoms with Gasteiger partial charge in [-0.05, 0) is 77.2 Å². The number of rotatable bonds is 3. The molecule has 0 saturated heterocycles. The van der Waals surface area contributed by atoms with Crippen molar-refractivity contribution in [1.82, 2.24) is 4.98 Å². The summed E-state index contributed by atoms with van der Waals surface area (Å²) in [5.74, 6) is -0.122. The van der Waals surface area contributed by atoms with Gasteiger partial charge in [0.1, 0.15) is 5.01 Å². The first kappa shape index (κ1) is 17.6. The molecule has 0 saturated carbocycles. The van der Waals surface area contributed by atoms with Crippen LogP contribution >= 0.6 is 49.9 Å². The minimum absolute atomic E-state index is 0.122. The number of nitrogens with one attached hydrogen (secondary N) is 1. The van der Waals surface area contributed by atoms with E-state index in [0.717, 1.165) is 29.8 Å². The van der Waals surface area contributed by atoms with Crippen molar-refractivity contribution < 1.29 is 4.79 Å². The lowest BCUT2D eigenvalue weighted by Gasteiger charge is -2.08. The molecule has 0 aliphatic heterocycles. The van der Waals surface area contributed by atoms with E-state index in [1.807, 2.05) is 60.7 Å². The molecule has 1 N–H and O–H groups in total. The van der Waals surface area contributed by atoms with Crippen molar-refractivity contribution in [2.45, 2.75) is 0 Å². The molecule has 1 amide bonds. The third kappa shape index (κ3) is 3.67. The quantitative estimate of drug-likeness (QED) is 0.301. The summed E-state index contributed by atoms with van der Waals surface area (Å²) in [5, 5.41) is 3.93. The Labute approximate surface area is 176 Å². The SMILES string of the molecule is O=C(Nc1ccc(-c2nc3ccccc3s2)cc1)c1cc(Br)ccc1I. The summed E-state index contributed by atoms with van der Waals surface area (Å²) >= 11 is 7.24. The van der Waals surface area contributed by atoms with Crippen molar-refractivity contribution in [1.29, 1.82) is 0 Å². The molecule has 3 aromatic carbocycles. The van der Waals surface area contributed by atoms with E-state index in [1.165, 1.54) is 4.70 Å². The molecule has 26 heavy (non-hydrogen) atoms. The van der Waals surface area contributed by atoms with Crippen LogP contribution in [-0.4, -0.2) is 10.9 Å². The van der Waals surface area contributed by atoms with Gasteiger partial charge in [0.15, 0.2) is 0 Å². The number of thiazole rings is 1. The highest BCUT2D eigenvalue weighted by Crippen LogP contribution is 2.30. The second-order valence-electron chi connectivity index (χ2n) is 5.64. The lowest BCUT2D eigenvalue weighted by atomic mass is 10.2. The predicted octanol–water partition coefficient (Wildman–Crippen LogP) is 6.58. The summed E-state index contributed by atoms with van der Waals surface area (Å²) < 4.78 is 2.97. The summed E-state index contributed by atoms with van der Waals surface area (Å²) in [6.45, 7) is 0. The summed E-state index contributed by atoms with van der Waals surface area (Å²) in [4.78, 5) is 17.2. The summed E-state index contributed by atoms with van der Waals surface area (Å²) in [7, 11) is 0. The zero-order chi connectivity index (χ0) is 18.1. The van der Waals surface area contributed by atoms with Crippen molar-refractivity contribution >= 4 is 71.7 Å². The Kier molecular flexibility index (Phi) is 5.06. The zero-order valence-corrected chi connectivity index (χ0v) is 17.9. The van der Waals surface area contributed by atoms with Gasteiger partial charge in [0.2, 0.25) is 0 Å². The molecular formula is C20H12BrIN2OS. The van der Waals surface area contributed by atoms with Crippen LogP contribution in [-0.2, 0) is 0 Å². The molecule has 0 aliphatic rings. The molecule has 0 atom stereocenters. The molecule has 1 heterocycles. The number of nitrogens with zero attached hydrogens (tertiary/aromatic N) is 1. The van der Waals surface area contributed by atoms with Crippen LogP contribution in [0.2, 0.25) is 0 Å². The van der Waals surface area contributed by atoms with Crippen LogP contribution in [0.3, 0.4) is 0 Å². The molecular weight excluding hydrogens is 523 g/mol. The van der Waals surface area contributed by atoms with Gasteiger partial charge in [-0.3, -0.25) is 4.79 Å². The molecule has 4 rings (SSSR count). The number of carbonyl (C=O) groups is 1. The normalized spacial score (nSPS) is 10.8. The fraction of sp³-hybridized carbons (Fsp3) is 0. The number of anilines is 1. The van der Waals surface area contributed by atoms with Crippen molar-refractivity contribution in [3.05, 3.63) is 80.3 Å². The van der Waals surface area contributed by atoms with E-state index in [9.17, 15) is 4.79 Å². The number of fused-ring (bicyclic) bond motifs is 1. The minimum atomic E-state index is -0.122. The Hall–Kier alpha value is -1.77. The van der Waals surface area contributed by atoms with Gasteiger partial charge < -0.3 is 5.32 Å². The molecule has 0 aliphatic carbocycles. The topological polar surface area (TPSA) is 42.0 Å². The largest absolute Gasteiger partial charge is 0.322 e. The smallest absolute Gasteiger partial charge is 0.256 e. The number of para-hydroxylation sites is 1. The van der Waals surface area contributed by atoms with E-state index in [1.54, 1.807) is 11.3 Å². The van der Waals surface area contributed by atoms with Gasteiger partial charge in [0.25, 0.3) is 5.91 Å². The lowest BCUT2D eigenvalue weighted by molar-refractivity contribution is 0.102. The first-order chi connectivity index (χ1) is 12.6. The number of amides is 1. The Bertz CT molecular complexity index is 1080. The molecule has 0 radical (unpaired) electrons. The number of benzene rings is 3. The summed E-state index contributed by atoms with van der Waals surface area (Å²) in [6.07, 6.45) is 0. The average Bonchev–Trinajstić information content (AvgIpc) is 3.08. The van der Waals surface area contributed by atoms with E-state index >= 15 is 0 Å². The van der Waals surface area contributed by atoms with Crippen molar-refractivity contribution in [2.75, 3.05) is 5.32 Å². The van der Waals surface area contributed by atoms with Gasteiger partial charge in [-0.1, -0.05) is 28.1 Å². The molecule has 3 nitrogen and oxygen atoms in total. The van der Waals surface area contributed by atoms with Crippen LogP contribution < -0.4 is 5.32 Å². The van der Waals surface area contributed by atoms with E-state index < -0.39 is 0 Å². The summed E-state index contributed by atoms with van der Waals surface area (Å²) in [5.41, 5.74) is 3.46. The Morgan fingerprint density at radius 3 is 2.58 bits per heavy atom. The van der Waals surface area contributed by atoms with Crippen LogP contribution in [0, 0.1) is 3.57 Å². The Balaban J connectivity index is 1.56. The summed E-state index contributed by atoms with van der Waals surface area (Å²) in [6, 6.07) is 21.6. The minimum Gasteiger partial charge on any atom is -0.322 e. The van der Waals surface area contributed by atoms with Crippen molar-refractivity contribution in [2.24, 2.45) is 0 Å². The maximum Gasteiger partial charge on any atom is 0.256 e. The first-order valence-corrected chi connectivity index (χ1v) is 10.5. The van der Waals surface area contributed by atoms with Crippen LogP contribution in [0.4, 0.5) is 5.69 Å². The fourth-order valence-corrected chi connectivity index (χ4v) is 4.47. The van der Waals surface area contributed by atoms with E-state index in [0.29, 0.717) is 5.56 Å². The number of hydrogen-bond donors (Lipinski definition) is 1. The molecule has 6 heteroatoms. The van der Waals surface area contributed by atoms with Crippen LogP contribution in [0.5, 0.6) is 0 Å². The van der Waals surface area contributed by atoms with Gasteiger partial charge >= 0.3 is 0 Å². The highest BCUT2D eigenvalue weighted by molar-refractivity contribution is 14.1. The molecule has 1 aromatic heterocycles. The number of hydrogen-bond acceptors (Lipinski definition) is 3. The molecule has 0 fully saturated rings. The maximum atomic E-state index is 12.5. The molecule has 128 valence electrons. The number of halogens is 2. The van der Waals surface area contributed by atoms with Crippen LogP contribution in [0.25, 0.3) is 20.8 Å². The second kappa shape index (κ2) is 7.46. The molecule has 0 bridgehead atoms. The van der Waals surface area contributed by atoms with Crippen LogP contribution in [0.15, 0.2) is 71.2 Å². The van der Waals surface area contributed by atoms with Gasteiger partial charge in [-0.25, -0.2) is 4.98 Å². The van der Waals surface area contributed by atoms with E-state index in [2.05, 4.69) is 54.9 Å². The third-order valence-electron chi connectivity index (χ3n) is 3.86. The second-order valence-corrected chi connectivity index (χ2v) is 8.75. The first-order valence-electron chi connectivity index (χ1n) is 7.82. The predicted molar refractivity (Wildman–Crippen MR) is 120 cm³/mol. The monoisotopic (exact) mass is 534 g/mol. The Morgan fingerprint density at radius 2 is 1.81 bits per heavy atom. The third-order valence-corrected chi connectivity index (χ3v) is 6.38. The van der Waals surface area contributed by atoms with Crippen molar-refractivity contribution in [3.8, 4) is 10.6 Å². The van der Waals surface area contributed by atoms with Crippen molar-refractivity contribution in [3.63, 3.8) is 0 Å². The number of aromatic nitrogens is 1. The van der Waals surface area contributed by atoms with Gasteiger partial charge in [-0.15, -0.1) is 11.3 Å². The molecule has 4 aromatic rings. The van der Waals surface area contributed by atoms with E-state index in [4.69, 9.17) is 0 Å².